The van der Waals surface area contributed by atoms with E-state index in [1.165, 1.54) is 0 Å². The van der Waals surface area contributed by atoms with Gasteiger partial charge in [0.2, 0.25) is 5.91 Å². The molecule has 6 heterocycles. The Kier molecular flexibility index (Phi) is 8.74. The number of hydrogen-bond acceptors (Lipinski definition) is 10. The van der Waals surface area contributed by atoms with Gasteiger partial charge in [-0.15, -0.1) is 0 Å². The van der Waals surface area contributed by atoms with Gasteiger partial charge in [-0.2, -0.15) is 10.2 Å². The van der Waals surface area contributed by atoms with Crippen molar-refractivity contribution in [1.82, 2.24) is 49.5 Å². The molecule has 13 nitrogen and oxygen atoms in total. The van der Waals surface area contributed by atoms with Crippen molar-refractivity contribution in [1.29, 1.82) is 0 Å². The zero-order chi connectivity index (χ0) is 31.2. The largest absolute Gasteiger partial charge is 0.384 e. The molecule has 0 saturated carbocycles. The van der Waals surface area contributed by atoms with Crippen molar-refractivity contribution in [2.75, 3.05) is 11.1 Å². The molecule has 6 aromatic rings. The number of carbonyl (C=O) groups is 1. The first-order valence-electron chi connectivity index (χ1n) is 13.9. The van der Waals surface area contributed by atoms with Crippen molar-refractivity contribution in [3.63, 3.8) is 0 Å². The van der Waals surface area contributed by atoms with Gasteiger partial charge in [-0.3, -0.25) is 14.8 Å². The second-order valence-electron chi connectivity index (χ2n) is 9.96. The summed E-state index contributed by atoms with van der Waals surface area (Å²) in [6.45, 7) is 9.59. The van der Waals surface area contributed by atoms with Gasteiger partial charge in [0.1, 0.15) is 11.6 Å². The van der Waals surface area contributed by atoms with E-state index in [1.807, 2.05) is 64.1 Å². The SMILES string of the molecule is CCC(=O)Nc1cc(-n2nc(C)cc2C)nc(-c2ccncc2)n1.Cc1cc(C)n(-c2cc(N)nc(-c3ccncc3)n2)n1. The Morgan fingerprint density at radius 1 is 0.705 bits per heavy atom. The molecule has 13 heteroatoms. The zero-order valence-corrected chi connectivity index (χ0v) is 25.1. The van der Waals surface area contributed by atoms with Crippen molar-refractivity contribution in [2.45, 2.75) is 41.0 Å². The summed E-state index contributed by atoms with van der Waals surface area (Å²) in [5.74, 6) is 3.10. The standard InChI is InChI=1S/C17H18N6O.C14H14N6/c1-4-16(24)19-14-10-15(23-12(3)9-11(2)22-23)21-17(20-14)13-5-7-18-8-6-13;1-9-7-10(2)20(19-9)13-8-12(15)17-14(18-13)11-3-5-16-6-4-11/h5-10H,4H2,1-3H3,(H,19,20,21,24);3-8H,1-2H3,(H2,15,17,18). The Labute approximate surface area is 254 Å². The highest BCUT2D eigenvalue weighted by molar-refractivity contribution is 5.89. The number of nitrogens with two attached hydrogens (primary N) is 1. The second kappa shape index (κ2) is 13.0. The molecule has 0 aliphatic carbocycles. The van der Waals surface area contributed by atoms with Crippen LogP contribution >= 0.6 is 0 Å². The highest BCUT2D eigenvalue weighted by Gasteiger charge is 2.13. The molecule has 0 aromatic carbocycles. The van der Waals surface area contributed by atoms with E-state index in [9.17, 15) is 4.79 Å². The summed E-state index contributed by atoms with van der Waals surface area (Å²) in [5.41, 5.74) is 11.4. The van der Waals surface area contributed by atoms with Crippen LogP contribution in [0.1, 0.15) is 36.1 Å². The maximum atomic E-state index is 11.7. The molecule has 0 fully saturated rings. The summed E-state index contributed by atoms with van der Waals surface area (Å²) >= 11 is 0. The molecule has 0 radical (unpaired) electrons. The van der Waals surface area contributed by atoms with Gasteiger partial charge < -0.3 is 11.1 Å². The highest BCUT2D eigenvalue weighted by Crippen LogP contribution is 2.21. The topological polar surface area (TPSA) is 168 Å². The Bertz CT molecular complexity index is 1900. The third-order valence-electron chi connectivity index (χ3n) is 6.36. The van der Waals surface area contributed by atoms with Crippen molar-refractivity contribution >= 4 is 17.5 Å². The maximum absolute atomic E-state index is 11.7. The third kappa shape index (κ3) is 6.95. The number of rotatable bonds is 6. The summed E-state index contributed by atoms with van der Waals surface area (Å²) in [4.78, 5) is 37.6. The van der Waals surface area contributed by atoms with Crippen LogP contribution in [-0.4, -0.2) is 55.4 Å². The zero-order valence-electron chi connectivity index (χ0n) is 25.1. The van der Waals surface area contributed by atoms with Crippen LogP contribution in [-0.2, 0) is 4.79 Å². The first-order valence-corrected chi connectivity index (χ1v) is 13.9. The molecule has 6 rings (SSSR count). The fourth-order valence-electron chi connectivity index (χ4n) is 4.38. The molecule has 0 aliphatic heterocycles. The Morgan fingerprint density at radius 3 is 1.64 bits per heavy atom. The van der Waals surface area contributed by atoms with Crippen molar-refractivity contribution < 1.29 is 4.79 Å². The van der Waals surface area contributed by atoms with E-state index < -0.39 is 0 Å². The lowest BCUT2D eigenvalue weighted by Crippen LogP contribution is -2.13. The van der Waals surface area contributed by atoms with Gasteiger partial charge in [0.25, 0.3) is 0 Å². The molecule has 44 heavy (non-hydrogen) atoms. The van der Waals surface area contributed by atoms with Gasteiger partial charge in [0.05, 0.1) is 11.4 Å². The summed E-state index contributed by atoms with van der Waals surface area (Å²) in [6.07, 6.45) is 7.14. The van der Waals surface area contributed by atoms with Gasteiger partial charge in [-0.05, 0) is 64.1 Å². The number of aryl methyl sites for hydroxylation is 4. The smallest absolute Gasteiger partial charge is 0.225 e. The molecular formula is C31H32N12O. The van der Waals surface area contributed by atoms with Crippen LogP contribution in [0.3, 0.4) is 0 Å². The number of anilines is 2. The van der Waals surface area contributed by atoms with Crippen molar-refractivity contribution in [3.05, 3.63) is 96.1 Å². The molecular weight excluding hydrogens is 556 g/mol. The average molecular weight is 589 g/mol. The minimum absolute atomic E-state index is 0.103. The lowest BCUT2D eigenvalue weighted by atomic mass is 10.2. The van der Waals surface area contributed by atoms with Crippen LogP contribution in [0.2, 0.25) is 0 Å². The predicted octanol–water partition coefficient (Wildman–Crippen LogP) is 4.61. The van der Waals surface area contributed by atoms with E-state index in [1.54, 1.807) is 53.2 Å². The molecule has 0 bridgehead atoms. The van der Waals surface area contributed by atoms with E-state index in [0.29, 0.717) is 41.3 Å². The summed E-state index contributed by atoms with van der Waals surface area (Å²) in [5, 5.41) is 11.7. The van der Waals surface area contributed by atoms with Crippen LogP contribution in [0, 0.1) is 27.7 Å². The summed E-state index contributed by atoms with van der Waals surface area (Å²) in [7, 11) is 0. The number of hydrogen-bond donors (Lipinski definition) is 2. The maximum Gasteiger partial charge on any atom is 0.225 e. The minimum atomic E-state index is -0.103. The van der Waals surface area contributed by atoms with Crippen LogP contribution in [0.4, 0.5) is 11.6 Å². The quantitative estimate of drug-likeness (QED) is 0.280. The molecule has 6 aromatic heterocycles. The van der Waals surface area contributed by atoms with Gasteiger partial charge in [0.15, 0.2) is 23.3 Å². The molecule has 0 atom stereocenters. The average Bonchev–Trinajstić information content (AvgIpc) is 3.56. The predicted molar refractivity (Wildman–Crippen MR) is 167 cm³/mol. The molecule has 0 spiro atoms. The molecule has 0 saturated heterocycles. The number of carbonyl (C=O) groups excluding carboxylic acids is 1. The number of nitrogens with zero attached hydrogens (tertiary/aromatic N) is 10. The fraction of sp³-hybridized carbons (Fsp3) is 0.194. The van der Waals surface area contributed by atoms with Crippen molar-refractivity contribution in [3.8, 4) is 34.4 Å². The first kappa shape index (κ1) is 29.6. The van der Waals surface area contributed by atoms with Crippen LogP contribution in [0.25, 0.3) is 34.4 Å². The molecule has 0 aliphatic rings. The van der Waals surface area contributed by atoms with E-state index >= 15 is 0 Å². The van der Waals surface area contributed by atoms with E-state index in [-0.39, 0.29) is 5.91 Å². The van der Waals surface area contributed by atoms with Gasteiger partial charge in [-0.1, -0.05) is 6.92 Å². The summed E-state index contributed by atoms with van der Waals surface area (Å²) < 4.78 is 3.50. The van der Waals surface area contributed by atoms with Gasteiger partial charge >= 0.3 is 0 Å². The Balaban J connectivity index is 0.000000177. The number of nitrogen functional groups attached to an aromatic ring is 1. The van der Waals surface area contributed by atoms with Gasteiger partial charge in [0, 0.05) is 65.9 Å². The van der Waals surface area contributed by atoms with Crippen LogP contribution in [0.5, 0.6) is 0 Å². The van der Waals surface area contributed by atoms with Gasteiger partial charge in [-0.25, -0.2) is 29.3 Å². The summed E-state index contributed by atoms with van der Waals surface area (Å²) in [6, 6.07) is 14.7. The normalized spacial score (nSPS) is 10.7. The number of aromatic nitrogens is 10. The third-order valence-corrected chi connectivity index (χ3v) is 6.36. The number of nitrogens with one attached hydrogen (secondary N) is 1. The Morgan fingerprint density at radius 2 is 1.18 bits per heavy atom. The van der Waals surface area contributed by atoms with Crippen molar-refractivity contribution in [2.24, 2.45) is 0 Å². The first-order chi connectivity index (χ1) is 21.2. The molecule has 222 valence electrons. The molecule has 3 N–H and O–H groups in total. The van der Waals surface area contributed by atoms with E-state index in [0.717, 1.165) is 33.9 Å². The van der Waals surface area contributed by atoms with Crippen LogP contribution in [0.15, 0.2) is 73.3 Å². The highest BCUT2D eigenvalue weighted by atomic mass is 16.1. The van der Waals surface area contributed by atoms with Crippen LogP contribution < -0.4 is 11.1 Å². The number of pyridine rings is 2. The van der Waals surface area contributed by atoms with E-state index in [4.69, 9.17) is 5.73 Å². The lowest BCUT2D eigenvalue weighted by molar-refractivity contribution is -0.115. The van der Waals surface area contributed by atoms with E-state index in [2.05, 4.69) is 45.4 Å². The molecule has 0 unspecified atom stereocenters. The Hall–Kier alpha value is -5.85. The monoisotopic (exact) mass is 588 g/mol. The number of amides is 1. The second-order valence-corrected chi connectivity index (χ2v) is 9.96. The minimum Gasteiger partial charge on any atom is -0.384 e. The fourth-order valence-corrected chi connectivity index (χ4v) is 4.38. The lowest BCUT2D eigenvalue weighted by Gasteiger charge is -2.10. The molecule has 1 amide bonds.